The number of nitrogens with zero attached hydrogens (tertiary/aromatic N) is 4. The predicted octanol–water partition coefficient (Wildman–Crippen LogP) is 3.48. The standard InChI is InChI=1S/C20H19N7O2S/c1-13-6-7-21-19(11-13)24-18-5-4-17(25-26-18)22-8-9-23-20(28)14-12-15(29-27-14)16-3-2-10-30-16/h2-7,10-12H,8-9H2,1H3,(H,22,25)(H,23,28)(H,21,24,26). The van der Waals surface area contributed by atoms with E-state index in [1.807, 2.05) is 36.6 Å². The first kappa shape index (κ1) is 19.5. The first-order valence-corrected chi connectivity index (χ1v) is 10.1. The van der Waals surface area contributed by atoms with Gasteiger partial charge >= 0.3 is 0 Å². The van der Waals surface area contributed by atoms with Crippen LogP contribution in [-0.2, 0) is 0 Å². The molecule has 0 radical (unpaired) electrons. The lowest BCUT2D eigenvalue weighted by Crippen LogP contribution is -2.29. The minimum Gasteiger partial charge on any atom is -0.367 e. The third kappa shape index (κ3) is 4.97. The first-order valence-electron chi connectivity index (χ1n) is 9.23. The smallest absolute Gasteiger partial charge is 0.273 e. The summed E-state index contributed by atoms with van der Waals surface area (Å²) in [7, 11) is 0. The minimum atomic E-state index is -0.292. The van der Waals surface area contributed by atoms with Crippen molar-refractivity contribution in [2.45, 2.75) is 6.92 Å². The van der Waals surface area contributed by atoms with Gasteiger partial charge in [0.15, 0.2) is 17.3 Å². The van der Waals surface area contributed by atoms with E-state index in [1.165, 1.54) is 11.3 Å². The van der Waals surface area contributed by atoms with Gasteiger partial charge in [0.25, 0.3) is 5.91 Å². The third-order valence-corrected chi connectivity index (χ3v) is 4.94. The Bertz CT molecular complexity index is 1110. The molecule has 0 aliphatic heterocycles. The summed E-state index contributed by atoms with van der Waals surface area (Å²) >= 11 is 1.53. The van der Waals surface area contributed by atoms with E-state index in [1.54, 1.807) is 24.4 Å². The SMILES string of the molecule is Cc1ccnc(Nc2ccc(NCCNC(=O)c3cc(-c4cccs4)on3)nn2)c1. The van der Waals surface area contributed by atoms with E-state index in [-0.39, 0.29) is 11.6 Å². The van der Waals surface area contributed by atoms with Crippen molar-refractivity contribution < 1.29 is 9.32 Å². The van der Waals surface area contributed by atoms with Crippen molar-refractivity contribution in [2.75, 3.05) is 23.7 Å². The molecular formula is C20H19N7O2S. The average molecular weight is 421 g/mol. The maximum Gasteiger partial charge on any atom is 0.273 e. The van der Waals surface area contributed by atoms with Gasteiger partial charge in [0.2, 0.25) is 0 Å². The van der Waals surface area contributed by atoms with Gasteiger partial charge in [-0.1, -0.05) is 11.2 Å². The molecule has 4 heterocycles. The molecule has 0 aromatic carbocycles. The van der Waals surface area contributed by atoms with E-state index in [2.05, 4.69) is 36.3 Å². The molecule has 10 heteroatoms. The van der Waals surface area contributed by atoms with Crippen LogP contribution in [0.4, 0.5) is 17.5 Å². The fourth-order valence-electron chi connectivity index (χ4n) is 2.60. The number of hydrogen-bond acceptors (Lipinski definition) is 9. The van der Waals surface area contributed by atoms with Crippen LogP contribution in [0.1, 0.15) is 16.1 Å². The summed E-state index contributed by atoms with van der Waals surface area (Å²) in [5.74, 6) is 2.20. The minimum absolute atomic E-state index is 0.248. The number of aryl methyl sites for hydroxylation is 1. The molecule has 30 heavy (non-hydrogen) atoms. The molecule has 0 saturated heterocycles. The van der Waals surface area contributed by atoms with E-state index in [0.717, 1.165) is 10.4 Å². The van der Waals surface area contributed by atoms with Crippen LogP contribution in [0, 0.1) is 6.92 Å². The highest BCUT2D eigenvalue weighted by Gasteiger charge is 2.13. The van der Waals surface area contributed by atoms with Gasteiger partial charge in [-0.3, -0.25) is 4.79 Å². The summed E-state index contributed by atoms with van der Waals surface area (Å²) in [5, 5.41) is 23.0. The van der Waals surface area contributed by atoms with Gasteiger partial charge in [-0.15, -0.1) is 21.5 Å². The topological polar surface area (TPSA) is 118 Å². The van der Waals surface area contributed by atoms with Crippen molar-refractivity contribution in [1.82, 2.24) is 25.7 Å². The molecule has 0 unspecified atom stereocenters. The van der Waals surface area contributed by atoms with Crippen LogP contribution >= 0.6 is 11.3 Å². The van der Waals surface area contributed by atoms with Crippen LogP contribution < -0.4 is 16.0 Å². The number of carbonyl (C=O) groups is 1. The Kier molecular flexibility index (Phi) is 5.95. The highest BCUT2D eigenvalue weighted by Crippen LogP contribution is 2.25. The molecule has 9 nitrogen and oxygen atoms in total. The van der Waals surface area contributed by atoms with E-state index < -0.39 is 0 Å². The molecule has 1 amide bonds. The van der Waals surface area contributed by atoms with Crippen molar-refractivity contribution in [2.24, 2.45) is 0 Å². The summed E-state index contributed by atoms with van der Waals surface area (Å²) in [6.07, 6.45) is 1.73. The second kappa shape index (κ2) is 9.14. The summed E-state index contributed by atoms with van der Waals surface area (Å²) < 4.78 is 5.22. The van der Waals surface area contributed by atoms with Crippen molar-refractivity contribution in [3.05, 3.63) is 65.3 Å². The molecule has 3 N–H and O–H groups in total. The van der Waals surface area contributed by atoms with E-state index in [4.69, 9.17) is 4.52 Å². The number of pyridine rings is 1. The monoisotopic (exact) mass is 421 g/mol. The Morgan fingerprint density at radius 1 is 1.07 bits per heavy atom. The quantitative estimate of drug-likeness (QED) is 0.370. The second-order valence-electron chi connectivity index (χ2n) is 6.38. The number of amides is 1. The lowest BCUT2D eigenvalue weighted by atomic mass is 10.3. The summed E-state index contributed by atoms with van der Waals surface area (Å²) in [5.41, 5.74) is 1.35. The third-order valence-electron chi connectivity index (χ3n) is 4.06. The van der Waals surface area contributed by atoms with E-state index in [9.17, 15) is 4.79 Å². The first-order chi connectivity index (χ1) is 14.7. The number of anilines is 3. The second-order valence-corrected chi connectivity index (χ2v) is 7.33. The fraction of sp³-hybridized carbons (Fsp3) is 0.150. The van der Waals surface area contributed by atoms with Crippen LogP contribution in [0.5, 0.6) is 0 Å². The maximum absolute atomic E-state index is 12.2. The molecule has 0 aliphatic rings. The van der Waals surface area contributed by atoms with Crippen molar-refractivity contribution in [3.8, 4) is 10.6 Å². The van der Waals surface area contributed by atoms with Crippen molar-refractivity contribution in [1.29, 1.82) is 0 Å². The molecule has 0 bridgehead atoms. The van der Waals surface area contributed by atoms with Crippen molar-refractivity contribution in [3.63, 3.8) is 0 Å². The number of carbonyl (C=O) groups excluding carboxylic acids is 1. The van der Waals surface area contributed by atoms with Crippen LogP contribution in [0.2, 0.25) is 0 Å². The predicted molar refractivity (Wildman–Crippen MR) is 115 cm³/mol. The van der Waals surface area contributed by atoms with Crippen molar-refractivity contribution >= 4 is 34.7 Å². The molecule has 4 aromatic heterocycles. The molecule has 0 spiro atoms. The maximum atomic E-state index is 12.2. The number of thiophene rings is 1. The zero-order chi connectivity index (χ0) is 20.8. The lowest BCUT2D eigenvalue weighted by Gasteiger charge is -2.07. The number of hydrogen-bond donors (Lipinski definition) is 3. The van der Waals surface area contributed by atoms with Crippen LogP contribution in [-0.4, -0.2) is 39.3 Å². The largest absolute Gasteiger partial charge is 0.367 e. The number of rotatable bonds is 8. The molecular weight excluding hydrogens is 402 g/mol. The van der Waals surface area contributed by atoms with Gasteiger partial charge in [0, 0.05) is 25.4 Å². The summed E-state index contributed by atoms with van der Waals surface area (Å²) in [4.78, 5) is 17.3. The fourth-order valence-corrected chi connectivity index (χ4v) is 3.28. The Hall–Kier alpha value is -3.79. The molecule has 0 fully saturated rings. The highest BCUT2D eigenvalue weighted by molar-refractivity contribution is 7.13. The Balaban J connectivity index is 1.22. The molecule has 4 rings (SSSR count). The average Bonchev–Trinajstić information content (AvgIpc) is 3.44. The Morgan fingerprint density at radius 3 is 2.70 bits per heavy atom. The van der Waals surface area contributed by atoms with Gasteiger partial charge in [-0.2, -0.15) is 0 Å². The highest BCUT2D eigenvalue weighted by atomic mass is 32.1. The zero-order valence-corrected chi connectivity index (χ0v) is 16.9. The Morgan fingerprint density at radius 2 is 1.93 bits per heavy atom. The van der Waals surface area contributed by atoms with Gasteiger partial charge < -0.3 is 20.5 Å². The molecule has 0 saturated carbocycles. The normalized spacial score (nSPS) is 10.6. The lowest BCUT2D eigenvalue weighted by molar-refractivity contribution is 0.0946. The van der Waals surface area contributed by atoms with E-state index >= 15 is 0 Å². The zero-order valence-electron chi connectivity index (χ0n) is 16.1. The summed E-state index contributed by atoms with van der Waals surface area (Å²) in [6, 6.07) is 12.9. The molecule has 152 valence electrons. The number of nitrogens with one attached hydrogen (secondary N) is 3. The van der Waals surface area contributed by atoms with E-state index in [0.29, 0.717) is 36.3 Å². The molecule has 0 atom stereocenters. The van der Waals surface area contributed by atoms with Gasteiger partial charge in [0.05, 0.1) is 4.88 Å². The Labute approximate surface area is 176 Å². The van der Waals surface area contributed by atoms with Crippen LogP contribution in [0.25, 0.3) is 10.6 Å². The molecule has 0 aliphatic carbocycles. The summed E-state index contributed by atoms with van der Waals surface area (Å²) in [6.45, 7) is 2.88. The van der Waals surface area contributed by atoms with Gasteiger partial charge in [-0.25, -0.2) is 4.98 Å². The van der Waals surface area contributed by atoms with Crippen LogP contribution in [0.15, 0.2) is 58.6 Å². The van der Waals surface area contributed by atoms with Gasteiger partial charge in [-0.05, 0) is 48.2 Å². The van der Waals surface area contributed by atoms with Crippen LogP contribution in [0.3, 0.4) is 0 Å². The molecule has 4 aromatic rings. The number of aromatic nitrogens is 4. The van der Waals surface area contributed by atoms with Gasteiger partial charge in [0.1, 0.15) is 11.6 Å².